The molecule has 0 saturated heterocycles. The molecule has 0 N–H and O–H groups in total. The summed E-state index contributed by atoms with van der Waals surface area (Å²) in [4.78, 5) is 8.45. The molecule has 3 rings (SSSR count). The van der Waals surface area contributed by atoms with Gasteiger partial charge >= 0.3 is 0 Å². The summed E-state index contributed by atoms with van der Waals surface area (Å²) >= 11 is 0. The predicted octanol–water partition coefficient (Wildman–Crippen LogP) is 4.50. The van der Waals surface area contributed by atoms with Gasteiger partial charge in [-0.1, -0.05) is 50.2 Å². The number of hydrogen-bond donors (Lipinski definition) is 0. The smallest absolute Gasteiger partial charge is 0.224 e. The van der Waals surface area contributed by atoms with Crippen LogP contribution in [0.1, 0.15) is 25.0 Å². The molecular weight excluding hydrogens is 303 g/mol. The number of aromatic nitrogens is 2. The van der Waals surface area contributed by atoms with E-state index in [9.17, 15) is 4.39 Å². The molecule has 124 valence electrons. The fraction of sp³-hybridized carbons (Fsp3) is 0.300. The molecule has 0 bridgehead atoms. The summed E-state index contributed by atoms with van der Waals surface area (Å²) in [6, 6.07) is 15.9. The van der Waals surface area contributed by atoms with Gasteiger partial charge in [0.15, 0.2) is 0 Å². The first kappa shape index (κ1) is 16.4. The van der Waals surface area contributed by atoms with Gasteiger partial charge in [-0.15, -0.1) is 0 Å². The quantitative estimate of drug-likeness (QED) is 0.670. The summed E-state index contributed by atoms with van der Waals surface area (Å²) in [5.74, 6) is 0.607. The lowest BCUT2D eigenvalue weighted by atomic mass is 9.85. The number of benzene rings is 2. The second kappa shape index (κ2) is 6.95. The normalized spacial score (nSPS) is 11.6. The van der Waals surface area contributed by atoms with Crippen LogP contribution in [0, 0.1) is 0 Å². The molecule has 1 aromatic heterocycles. The summed E-state index contributed by atoms with van der Waals surface area (Å²) < 4.78 is 18.9. The van der Waals surface area contributed by atoms with Gasteiger partial charge in [-0.3, -0.25) is 4.39 Å². The van der Waals surface area contributed by atoms with Crippen molar-refractivity contribution >= 4 is 10.9 Å². The molecule has 3 aromatic rings. The summed E-state index contributed by atoms with van der Waals surface area (Å²) in [7, 11) is 0. The Kier molecular flexibility index (Phi) is 4.74. The van der Waals surface area contributed by atoms with Crippen LogP contribution in [0.15, 0.2) is 54.9 Å². The largest absolute Gasteiger partial charge is 0.477 e. The highest BCUT2D eigenvalue weighted by molar-refractivity contribution is 5.82. The van der Waals surface area contributed by atoms with E-state index in [1.165, 1.54) is 6.33 Å². The van der Waals surface area contributed by atoms with Crippen LogP contribution in [-0.4, -0.2) is 23.2 Å². The van der Waals surface area contributed by atoms with E-state index in [0.717, 1.165) is 28.5 Å². The van der Waals surface area contributed by atoms with Crippen LogP contribution < -0.4 is 4.74 Å². The minimum atomic E-state index is -0.436. The number of alkyl halides is 1. The van der Waals surface area contributed by atoms with Crippen LogP contribution in [-0.2, 0) is 11.8 Å². The molecule has 24 heavy (non-hydrogen) atoms. The first-order valence-corrected chi connectivity index (χ1v) is 8.08. The van der Waals surface area contributed by atoms with Crippen LogP contribution >= 0.6 is 0 Å². The zero-order valence-corrected chi connectivity index (χ0v) is 14.0. The molecule has 0 aliphatic heterocycles. The molecule has 2 aromatic carbocycles. The highest BCUT2D eigenvalue weighted by Gasteiger charge is 2.19. The minimum absolute atomic E-state index is 0.365. The molecule has 3 nitrogen and oxygen atoms in total. The molecule has 0 spiro atoms. The molecular formula is C20H21FN2O. The first-order chi connectivity index (χ1) is 11.6. The van der Waals surface area contributed by atoms with E-state index in [1.54, 1.807) is 0 Å². The number of hydrogen-bond acceptors (Lipinski definition) is 3. The first-order valence-electron chi connectivity index (χ1n) is 8.08. The Bertz CT molecular complexity index is 810. The Labute approximate surface area is 141 Å². The van der Waals surface area contributed by atoms with Crippen molar-refractivity contribution in [3.63, 3.8) is 0 Å². The maximum Gasteiger partial charge on any atom is 0.224 e. The van der Waals surface area contributed by atoms with Crippen LogP contribution in [0.2, 0.25) is 0 Å². The van der Waals surface area contributed by atoms with Crippen molar-refractivity contribution in [1.82, 2.24) is 9.97 Å². The number of rotatable bonds is 6. The van der Waals surface area contributed by atoms with Crippen molar-refractivity contribution in [1.29, 1.82) is 0 Å². The van der Waals surface area contributed by atoms with Crippen molar-refractivity contribution in [2.75, 3.05) is 13.3 Å². The minimum Gasteiger partial charge on any atom is -0.477 e. The highest BCUT2D eigenvalue weighted by atomic mass is 19.1. The third-order valence-corrected chi connectivity index (χ3v) is 4.21. The molecule has 0 unspecified atom stereocenters. The second-order valence-corrected chi connectivity index (χ2v) is 6.51. The van der Waals surface area contributed by atoms with Gasteiger partial charge in [-0.05, 0) is 23.3 Å². The van der Waals surface area contributed by atoms with E-state index >= 15 is 0 Å². The van der Waals surface area contributed by atoms with Gasteiger partial charge in [0.2, 0.25) is 5.88 Å². The number of nitrogens with zero attached hydrogens (tertiary/aromatic N) is 2. The average molecular weight is 324 g/mol. The average Bonchev–Trinajstić information content (AvgIpc) is 2.62. The van der Waals surface area contributed by atoms with E-state index in [-0.39, 0.29) is 6.67 Å². The lowest BCUT2D eigenvalue weighted by molar-refractivity contribution is 0.313. The topological polar surface area (TPSA) is 35.0 Å². The highest BCUT2D eigenvalue weighted by Crippen LogP contribution is 2.24. The standard InChI is InChI=1S/C20H21FN2O/c1-20(2,13-21)16-9-7-15(8-10-16)11-12-24-19-17-5-3-4-6-18(17)22-14-23-19/h3-10,14H,11-13H2,1-2H3. The van der Waals surface area contributed by atoms with Crippen molar-refractivity contribution in [3.8, 4) is 5.88 Å². The van der Waals surface area contributed by atoms with Crippen LogP contribution in [0.25, 0.3) is 10.9 Å². The van der Waals surface area contributed by atoms with Gasteiger partial charge < -0.3 is 4.74 Å². The number of para-hydroxylation sites is 1. The molecule has 0 amide bonds. The Balaban J connectivity index is 1.64. The Morgan fingerprint density at radius 2 is 1.75 bits per heavy atom. The van der Waals surface area contributed by atoms with Gasteiger partial charge in [0.25, 0.3) is 0 Å². The molecule has 0 aliphatic carbocycles. The maximum atomic E-state index is 13.0. The lowest BCUT2D eigenvalue weighted by Gasteiger charge is -2.21. The van der Waals surface area contributed by atoms with E-state index in [4.69, 9.17) is 4.74 Å². The predicted molar refractivity (Wildman–Crippen MR) is 94.2 cm³/mol. The summed E-state index contributed by atoms with van der Waals surface area (Å²) in [6.45, 7) is 3.99. The molecule has 0 fully saturated rings. The summed E-state index contributed by atoms with van der Waals surface area (Å²) in [6.07, 6.45) is 2.29. The van der Waals surface area contributed by atoms with Gasteiger partial charge in [0.1, 0.15) is 6.33 Å². The fourth-order valence-corrected chi connectivity index (χ4v) is 2.56. The third kappa shape index (κ3) is 3.53. The number of halogens is 1. The van der Waals surface area contributed by atoms with Gasteiger partial charge in [-0.25, -0.2) is 9.97 Å². The van der Waals surface area contributed by atoms with E-state index < -0.39 is 5.41 Å². The maximum absolute atomic E-state index is 13.0. The monoisotopic (exact) mass is 324 g/mol. The third-order valence-electron chi connectivity index (χ3n) is 4.21. The SMILES string of the molecule is CC(C)(CF)c1ccc(CCOc2ncnc3ccccc23)cc1. The summed E-state index contributed by atoms with van der Waals surface area (Å²) in [5.41, 5.74) is 2.61. The lowest BCUT2D eigenvalue weighted by Crippen LogP contribution is -2.19. The van der Waals surface area contributed by atoms with Crippen molar-refractivity contribution < 1.29 is 9.13 Å². The molecule has 0 atom stereocenters. The molecule has 4 heteroatoms. The number of ether oxygens (including phenoxy) is 1. The summed E-state index contributed by atoms with van der Waals surface area (Å²) in [5, 5.41) is 0.917. The van der Waals surface area contributed by atoms with Crippen molar-refractivity contribution in [2.24, 2.45) is 0 Å². The van der Waals surface area contributed by atoms with Crippen LogP contribution in [0.5, 0.6) is 5.88 Å². The van der Waals surface area contributed by atoms with Crippen LogP contribution in [0.4, 0.5) is 4.39 Å². The van der Waals surface area contributed by atoms with Crippen molar-refractivity contribution in [2.45, 2.75) is 25.7 Å². The van der Waals surface area contributed by atoms with Gasteiger partial charge in [-0.2, -0.15) is 0 Å². The van der Waals surface area contributed by atoms with Crippen molar-refractivity contribution in [3.05, 3.63) is 66.0 Å². The fourth-order valence-electron chi connectivity index (χ4n) is 2.56. The van der Waals surface area contributed by atoms with E-state index in [2.05, 4.69) is 9.97 Å². The number of fused-ring (bicyclic) bond motifs is 1. The Morgan fingerprint density at radius 1 is 1.00 bits per heavy atom. The Hall–Kier alpha value is -2.49. The Morgan fingerprint density at radius 3 is 2.50 bits per heavy atom. The van der Waals surface area contributed by atoms with Crippen LogP contribution in [0.3, 0.4) is 0 Å². The van der Waals surface area contributed by atoms with Gasteiger partial charge in [0, 0.05) is 11.8 Å². The second-order valence-electron chi connectivity index (χ2n) is 6.51. The zero-order chi connectivity index (χ0) is 17.0. The molecule has 0 radical (unpaired) electrons. The van der Waals surface area contributed by atoms with E-state index in [1.807, 2.05) is 62.4 Å². The van der Waals surface area contributed by atoms with E-state index in [0.29, 0.717) is 12.5 Å². The molecule has 0 aliphatic rings. The molecule has 1 heterocycles. The zero-order valence-electron chi connectivity index (χ0n) is 14.0. The molecule has 0 saturated carbocycles. The van der Waals surface area contributed by atoms with Gasteiger partial charge in [0.05, 0.1) is 24.2 Å².